The Morgan fingerprint density at radius 2 is 1.85 bits per heavy atom. The number of nitrogens with zero attached hydrogens (tertiary/aromatic N) is 5. The number of morpholine rings is 1. The number of rotatable bonds is 6. The zero-order valence-corrected chi connectivity index (χ0v) is 20.0. The highest BCUT2D eigenvalue weighted by atomic mass is 35.5. The van der Waals surface area contributed by atoms with E-state index in [4.69, 9.17) is 16.3 Å². The molecule has 3 heterocycles. The second-order valence-corrected chi connectivity index (χ2v) is 10.1. The molecule has 0 radical (unpaired) electrons. The zero-order valence-electron chi connectivity index (χ0n) is 18.4. The van der Waals surface area contributed by atoms with Gasteiger partial charge in [-0.2, -0.15) is 0 Å². The molecule has 1 unspecified atom stereocenters. The molecule has 5 rings (SSSR count). The highest BCUT2D eigenvalue weighted by molar-refractivity contribution is 7.92. The smallest absolute Gasteiger partial charge is 0.261 e. The molecule has 9 nitrogen and oxygen atoms in total. The van der Waals surface area contributed by atoms with Crippen molar-refractivity contribution in [2.24, 2.45) is 0 Å². The first-order chi connectivity index (χ1) is 16.4. The summed E-state index contributed by atoms with van der Waals surface area (Å²) in [4.78, 5) is 6.67. The maximum absolute atomic E-state index is 13.2. The number of anilines is 1. The van der Waals surface area contributed by atoms with Gasteiger partial charge >= 0.3 is 0 Å². The lowest BCUT2D eigenvalue weighted by atomic mass is 10.1. The van der Waals surface area contributed by atoms with Gasteiger partial charge in [0.15, 0.2) is 0 Å². The highest BCUT2D eigenvalue weighted by Crippen LogP contribution is 2.29. The van der Waals surface area contributed by atoms with Crippen molar-refractivity contribution in [3.63, 3.8) is 0 Å². The van der Waals surface area contributed by atoms with Gasteiger partial charge in [-0.05, 0) is 55.0 Å². The first kappa shape index (κ1) is 22.7. The molecule has 1 saturated heterocycles. The minimum absolute atomic E-state index is 0.163. The van der Waals surface area contributed by atoms with Crippen molar-refractivity contribution in [3.05, 3.63) is 71.4 Å². The van der Waals surface area contributed by atoms with Crippen molar-refractivity contribution >= 4 is 38.5 Å². The van der Waals surface area contributed by atoms with E-state index in [1.807, 2.05) is 12.1 Å². The van der Waals surface area contributed by atoms with Gasteiger partial charge in [0.25, 0.3) is 10.0 Å². The molecule has 1 fully saturated rings. The minimum Gasteiger partial charge on any atom is -0.379 e. The van der Waals surface area contributed by atoms with E-state index < -0.39 is 10.0 Å². The molecule has 1 aliphatic heterocycles. The van der Waals surface area contributed by atoms with Crippen LogP contribution < -0.4 is 4.72 Å². The molecular formula is C23H23ClN6O3S. The number of nitrogens with one attached hydrogen (secondary N) is 1. The number of sulfonamides is 1. The van der Waals surface area contributed by atoms with Crippen LogP contribution >= 0.6 is 11.6 Å². The Morgan fingerprint density at radius 1 is 1.09 bits per heavy atom. The van der Waals surface area contributed by atoms with Gasteiger partial charge < -0.3 is 4.74 Å². The lowest BCUT2D eigenvalue weighted by molar-refractivity contribution is 0.0198. The van der Waals surface area contributed by atoms with E-state index in [-0.39, 0.29) is 10.9 Å². The van der Waals surface area contributed by atoms with Crippen LogP contribution in [0.3, 0.4) is 0 Å². The molecule has 176 valence electrons. The molecule has 1 atom stereocenters. The van der Waals surface area contributed by atoms with Crippen LogP contribution in [0.15, 0.2) is 65.7 Å². The molecule has 2 aromatic heterocycles. The predicted molar refractivity (Wildman–Crippen MR) is 130 cm³/mol. The largest absolute Gasteiger partial charge is 0.379 e. The molecule has 0 amide bonds. The fourth-order valence-corrected chi connectivity index (χ4v) is 5.26. The Kier molecular flexibility index (Phi) is 6.22. The Balaban J connectivity index is 1.43. The third-order valence-electron chi connectivity index (χ3n) is 5.92. The number of fused-ring (bicyclic) bond motifs is 1. The van der Waals surface area contributed by atoms with Gasteiger partial charge in [0.05, 0.1) is 29.5 Å². The summed E-state index contributed by atoms with van der Waals surface area (Å²) in [5.74, 6) is 0. The van der Waals surface area contributed by atoms with E-state index >= 15 is 0 Å². The van der Waals surface area contributed by atoms with E-state index in [1.165, 1.54) is 4.68 Å². The number of hydrogen-bond acceptors (Lipinski definition) is 7. The van der Waals surface area contributed by atoms with E-state index in [9.17, 15) is 8.42 Å². The van der Waals surface area contributed by atoms with Gasteiger partial charge in [-0.1, -0.05) is 28.9 Å². The van der Waals surface area contributed by atoms with Crippen LogP contribution in [0.4, 0.5) is 5.69 Å². The number of benzene rings is 2. The van der Waals surface area contributed by atoms with E-state index in [2.05, 4.69) is 31.8 Å². The van der Waals surface area contributed by atoms with Crippen molar-refractivity contribution in [2.45, 2.75) is 17.9 Å². The normalized spacial score (nSPS) is 15.9. The predicted octanol–water partition coefficient (Wildman–Crippen LogP) is 3.66. The topological polar surface area (TPSA) is 102 Å². The molecule has 34 heavy (non-hydrogen) atoms. The van der Waals surface area contributed by atoms with Crippen molar-refractivity contribution in [1.29, 1.82) is 0 Å². The standard InChI is InChI=1S/C23H23ClN6O3S/c1-16(29-11-13-33-14-12-29)17-4-7-19(8-5-17)34(31,32)27-20-9-6-18(24)15-22(20)30-21-3-2-10-25-23(21)26-28-30/h2-10,15-16,27H,11-14H2,1H3. The van der Waals surface area contributed by atoms with Crippen LogP contribution in [0, 0.1) is 0 Å². The lowest BCUT2D eigenvalue weighted by Gasteiger charge is -2.32. The fourth-order valence-electron chi connectivity index (χ4n) is 4.02. The number of pyridine rings is 1. The van der Waals surface area contributed by atoms with Crippen LogP contribution in [0.1, 0.15) is 18.5 Å². The summed E-state index contributed by atoms with van der Waals surface area (Å²) >= 11 is 6.22. The number of aromatic nitrogens is 4. The molecule has 1 N–H and O–H groups in total. The molecular weight excluding hydrogens is 476 g/mol. The van der Waals surface area contributed by atoms with E-state index in [0.29, 0.717) is 40.8 Å². The average molecular weight is 499 g/mol. The number of ether oxygens (including phenoxy) is 1. The average Bonchev–Trinajstić information content (AvgIpc) is 3.29. The number of hydrogen-bond donors (Lipinski definition) is 1. The monoisotopic (exact) mass is 498 g/mol. The van der Waals surface area contributed by atoms with Crippen LogP contribution in [-0.4, -0.2) is 59.6 Å². The summed E-state index contributed by atoms with van der Waals surface area (Å²) in [5.41, 5.74) is 2.90. The minimum atomic E-state index is -3.86. The van der Waals surface area contributed by atoms with Crippen LogP contribution in [0.25, 0.3) is 16.9 Å². The van der Waals surface area contributed by atoms with Crippen LogP contribution in [0.2, 0.25) is 5.02 Å². The molecule has 0 aliphatic carbocycles. The Bertz CT molecular complexity index is 1420. The summed E-state index contributed by atoms with van der Waals surface area (Å²) in [6, 6.07) is 15.5. The summed E-state index contributed by atoms with van der Waals surface area (Å²) in [6.07, 6.45) is 1.62. The van der Waals surface area contributed by atoms with Crippen LogP contribution in [-0.2, 0) is 14.8 Å². The molecule has 0 saturated carbocycles. The SMILES string of the molecule is CC(c1ccc(S(=O)(=O)Nc2ccc(Cl)cc2-n2nnc3ncccc32)cc1)N1CCOCC1. The first-order valence-electron chi connectivity index (χ1n) is 10.8. The molecule has 0 spiro atoms. The van der Waals surface area contributed by atoms with E-state index in [1.54, 1.807) is 48.7 Å². The second kappa shape index (κ2) is 9.30. The fraction of sp³-hybridized carbons (Fsp3) is 0.261. The van der Waals surface area contributed by atoms with Gasteiger partial charge in [0.1, 0.15) is 5.52 Å². The molecule has 0 bridgehead atoms. The van der Waals surface area contributed by atoms with Crippen molar-refractivity contribution in [1.82, 2.24) is 24.9 Å². The molecule has 1 aliphatic rings. The van der Waals surface area contributed by atoms with Crippen LogP contribution in [0.5, 0.6) is 0 Å². The van der Waals surface area contributed by atoms with Gasteiger partial charge in [-0.3, -0.25) is 9.62 Å². The maximum Gasteiger partial charge on any atom is 0.261 e. The lowest BCUT2D eigenvalue weighted by Crippen LogP contribution is -2.38. The van der Waals surface area contributed by atoms with Gasteiger partial charge in [-0.25, -0.2) is 18.1 Å². The third-order valence-corrected chi connectivity index (χ3v) is 7.54. The summed E-state index contributed by atoms with van der Waals surface area (Å²) in [7, 11) is -3.86. The Labute approximate surface area is 202 Å². The van der Waals surface area contributed by atoms with E-state index in [0.717, 1.165) is 18.7 Å². The van der Waals surface area contributed by atoms with Gasteiger partial charge in [0.2, 0.25) is 5.65 Å². The van der Waals surface area contributed by atoms with Gasteiger partial charge in [-0.15, -0.1) is 5.10 Å². The zero-order chi connectivity index (χ0) is 23.7. The first-order valence-corrected chi connectivity index (χ1v) is 12.7. The number of halogens is 1. The Morgan fingerprint density at radius 3 is 2.62 bits per heavy atom. The summed E-state index contributed by atoms with van der Waals surface area (Å²) in [6.45, 7) is 5.25. The maximum atomic E-state index is 13.2. The van der Waals surface area contributed by atoms with Crippen molar-refractivity contribution in [3.8, 4) is 5.69 Å². The second-order valence-electron chi connectivity index (χ2n) is 8.01. The molecule has 2 aromatic carbocycles. The van der Waals surface area contributed by atoms with Gasteiger partial charge in [0, 0.05) is 30.4 Å². The summed E-state index contributed by atoms with van der Waals surface area (Å²) < 4.78 is 36.1. The van der Waals surface area contributed by atoms with Crippen molar-refractivity contribution in [2.75, 3.05) is 31.0 Å². The molecule has 4 aromatic rings. The quantitative estimate of drug-likeness (QED) is 0.432. The highest BCUT2D eigenvalue weighted by Gasteiger charge is 2.21. The summed E-state index contributed by atoms with van der Waals surface area (Å²) in [5, 5.41) is 8.63. The Hall–Kier alpha value is -3.05. The third kappa shape index (κ3) is 4.49. The molecule has 11 heteroatoms. The van der Waals surface area contributed by atoms with Crippen molar-refractivity contribution < 1.29 is 13.2 Å².